The predicted molar refractivity (Wildman–Crippen MR) is 121 cm³/mol. The van der Waals surface area contributed by atoms with Crippen LogP contribution in [0.15, 0.2) is 60.4 Å². The Labute approximate surface area is 178 Å². The van der Waals surface area contributed by atoms with Gasteiger partial charge in [-0.2, -0.15) is 0 Å². The number of carbonyl (C=O) groups excluding carboxylic acids is 1. The molecule has 0 radical (unpaired) electrons. The van der Waals surface area contributed by atoms with Crippen molar-refractivity contribution in [3.05, 3.63) is 77.3 Å². The molecule has 0 bridgehead atoms. The summed E-state index contributed by atoms with van der Waals surface area (Å²) in [6.07, 6.45) is 4.21. The zero-order valence-electron chi connectivity index (χ0n) is 16.3. The molecule has 4 nitrogen and oxygen atoms in total. The predicted octanol–water partition coefficient (Wildman–Crippen LogP) is 6.91. The number of benzene rings is 1. The molecule has 4 aromatic rings. The first-order valence-corrected chi connectivity index (χ1v) is 10.8. The molecule has 1 amide bonds. The van der Waals surface area contributed by atoms with Gasteiger partial charge in [0.05, 0.1) is 16.8 Å². The minimum absolute atomic E-state index is 0. The van der Waals surface area contributed by atoms with Gasteiger partial charge in [-0.25, -0.2) is 9.37 Å². The molecule has 0 atom stereocenters. The van der Waals surface area contributed by atoms with Gasteiger partial charge in [0.15, 0.2) is 5.82 Å². The molecule has 7 heteroatoms. The summed E-state index contributed by atoms with van der Waals surface area (Å²) in [6.45, 7) is 6.05. The van der Waals surface area contributed by atoms with Crippen molar-refractivity contribution in [1.29, 1.82) is 0 Å². The summed E-state index contributed by atoms with van der Waals surface area (Å²) in [4.78, 5) is 21.3. The van der Waals surface area contributed by atoms with Gasteiger partial charge in [0, 0.05) is 29.6 Å². The van der Waals surface area contributed by atoms with Crippen LogP contribution in [0, 0.1) is 12.7 Å². The maximum atomic E-state index is 13.7. The average molecular weight is 428 g/mol. The van der Waals surface area contributed by atoms with Crippen LogP contribution in [0.3, 0.4) is 0 Å². The number of thiazole rings is 1. The second-order valence-electron chi connectivity index (χ2n) is 5.84. The van der Waals surface area contributed by atoms with Gasteiger partial charge in [-0.3, -0.25) is 9.78 Å². The maximum Gasteiger partial charge on any atom is 0.259 e. The topological polar surface area (TPSA) is 54.9 Å². The van der Waals surface area contributed by atoms with Gasteiger partial charge in [0.25, 0.3) is 5.91 Å². The van der Waals surface area contributed by atoms with Gasteiger partial charge in [-0.15, -0.1) is 22.7 Å². The second-order valence-corrected chi connectivity index (χ2v) is 7.82. The third kappa shape index (κ3) is 4.75. The molecule has 0 aliphatic rings. The summed E-state index contributed by atoms with van der Waals surface area (Å²) in [5.74, 6) is -1.13. The van der Waals surface area contributed by atoms with Crippen molar-refractivity contribution < 1.29 is 10.6 Å². The van der Waals surface area contributed by atoms with E-state index in [0.29, 0.717) is 5.00 Å². The van der Waals surface area contributed by atoms with E-state index in [2.05, 4.69) is 33.5 Å². The van der Waals surface area contributed by atoms with E-state index < -0.39 is 11.7 Å². The zero-order valence-corrected chi connectivity index (χ0v) is 17.9. The second kappa shape index (κ2) is 9.54. The zero-order chi connectivity index (χ0) is 20.8. The number of nitrogens with zero attached hydrogens (tertiary/aromatic N) is 2. The number of hydrogen-bond donors (Lipinski definition) is 1. The Bertz CT molecular complexity index is 1110. The number of anilines is 1. The molecule has 0 fully saturated rings. The molecule has 1 N–H and O–H groups in total. The average Bonchev–Trinajstić information content (AvgIpc) is 3.43. The maximum absolute atomic E-state index is 13.7. The van der Waals surface area contributed by atoms with Gasteiger partial charge >= 0.3 is 0 Å². The first-order valence-electron chi connectivity index (χ1n) is 9.13. The molecule has 150 valence electrons. The molecule has 29 heavy (non-hydrogen) atoms. The summed E-state index contributed by atoms with van der Waals surface area (Å²) in [5.41, 5.74) is 3.25. The van der Waals surface area contributed by atoms with E-state index in [-0.39, 0.29) is 6.99 Å². The molecule has 3 heterocycles. The highest BCUT2D eigenvalue weighted by Crippen LogP contribution is 2.36. The smallest absolute Gasteiger partial charge is 0.259 e. The lowest BCUT2D eigenvalue weighted by atomic mass is 10.0. The number of carbonyl (C=O) groups is 1. The minimum Gasteiger partial charge on any atom is -0.313 e. The van der Waals surface area contributed by atoms with Crippen molar-refractivity contribution in [3.63, 3.8) is 0 Å². The molecule has 4 rings (SSSR count). The largest absolute Gasteiger partial charge is 0.313 e. The van der Waals surface area contributed by atoms with E-state index in [9.17, 15) is 9.18 Å². The van der Waals surface area contributed by atoms with E-state index in [1.54, 1.807) is 17.5 Å². The van der Waals surface area contributed by atoms with Crippen LogP contribution in [0.25, 0.3) is 21.0 Å². The van der Waals surface area contributed by atoms with Crippen LogP contribution in [0.4, 0.5) is 9.39 Å². The monoisotopic (exact) mass is 427 g/mol. The van der Waals surface area contributed by atoms with Crippen molar-refractivity contribution in [2.24, 2.45) is 0 Å². The SMILES string of the molecule is CC.Cc1ccc(-c2nccs2)cc1-c1ccc(NC(=O)c2ccncc2F)s1.[HH]. The van der Waals surface area contributed by atoms with Crippen molar-refractivity contribution in [3.8, 4) is 21.0 Å². The van der Waals surface area contributed by atoms with Gasteiger partial charge in [-0.1, -0.05) is 26.0 Å². The highest BCUT2D eigenvalue weighted by Gasteiger charge is 2.14. The molecule has 0 unspecified atom stereocenters. The Morgan fingerprint density at radius 1 is 1.14 bits per heavy atom. The Balaban J connectivity index is 0.00000104. The summed E-state index contributed by atoms with van der Waals surface area (Å²) in [7, 11) is 0. The standard InChI is InChI=1S/C20H14FN3OS2.C2H6.H2/c1-12-2-3-13(20-23-8-9-26-20)10-15(12)17-4-5-18(27-17)24-19(25)14-6-7-22-11-16(14)21;1-2;/h2-11H,1H3,(H,24,25);1-2H3;1H. The summed E-state index contributed by atoms with van der Waals surface area (Å²) in [5, 5.41) is 6.33. The number of rotatable bonds is 4. The highest BCUT2D eigenvalue weighted by atomic mass is 32.1. The van der Waals surface area contributed by atoms with Crippen LogP contribution < -0.4 is 5.32 Å². The normalized spacial score (nSPS) is 10.2. The Hall–Kier alpha value is -2.90. The lowest BCUT2D eigenvalue weighted by molar-refractivity contribution is 0.102. The van der Waals surface area contributed by atoms with Crippen LogP contribution in [0.5, 0.6) is 0 Å². The summed E-state index contributed by atoms with van der Waals surface area (Å²) in [6, 6.07) is 11.4. The fourth-order valence-corrected chi connectivity index (χ4v) is 4.29. The van der Waals surface area contributed by atoms with Crippen molar-refractivity contribution in [1.82, 2.24) is 9.97 Å². The number of pyridine rings is 1. The van der Waals surface area contributed by atoms with Gasteiger partial charge < -0.3 is 5.32 Å². The van der Waals surface area contributed by atoms with Crippen molar-refractivity contribution in [2.75, 3.05) is 5.32 Å². The minimum atomic E-state index is -0.640. The van der Waals surface area contributed by atoms with Gasteiger partial charge in [0.1, 0.15) is 5.01 Å². The van der Waals surface area contributed by atoms with Gasteiger partial charge in [-0.05, 0) is 42.3 Å². The number of thiophene rings is 1. The van der Waals surface area contributed by atoms with Crippen LogP contribution in [0.1, 0.15) is 31.2 Å². The lowest BCUT2D eigenvalue weighted by Crippen LogP contribution is -2.12. The first kappa shape index (κ1) is 20.8. The Morgan fingerprint density at radius 2 is 1.97 bits per heavy atom. The molecule has 0 saturated heterocycles. The van der Waals surface area contributed by atoms with Crippen LogP contribution in [-0.4, -0.2) is 15.9 Å². The molecule has 3 aromatic heterocycles. The fourth-order valence-electron chi connectivity index (χ4n) is 2.67. The number of aromatic nitrogens is 2. The van der Waals surface area contributed by atoms with Crippen LogP contribution >= 0.6 is 22.7 Å². The van der Waals surface area contributed by atoms with E-state index in [0.717, 1.165) is 32.8 Å². The molecular formula is C22H22FN3OS2. The first-order chi connectivity index (χ1) is 14.1. The lowest BCUT2D eigenvalue weighted by Gasteiger charge is -2.06. The third-order valence-electron chi connectivity index (χ3n) is 4.04. The number of amides is 1. The number of aryl methyl sites for hydroxylation is 1. The molecule has 0 spiro atoms. The number of halogens is 1. The van der Waals surface area contributed by atoms with Crippen LogP contribution in [-0.2, 0) is 0 Å². The number of hydrogen-bond acceptors (Lipinski definition) is 5. The summed E-state index contributed by atoms with van der Waals surface area (Å²) < 4.78 is 13.7. The molecule has 1 aromatic carbocycles. The molecular weight excluding hydrogens is 405 g/mol. The number of nitrogens with one attached hydrogen (secondary N) is 1. The molecule has 0 aliphatic carbocycles. The van der Waals surface area contributed by atoms with E-state index in [1.807, 2.05) is 38.3 Å². The van der Waals surface area contributed by atoms with Crippen molar-refractivity contribution in [2.45, 2.75) is 20.8 Å². The highest BCUT2D eigenvalue weighted by molar-refractivity contribution is 7.19. The van der Waals surface area contributed by atoms with Gasteiger partial charge in [0.2, 0.25) is 0 Å². The van der Waals surface area contributed by atoms with E-state index in [1.165, 1.54) is 23.6 Å². The Morgan fingerprint density at radius 3 is 2.69 bits per heavy atom. The van der Waals surface area contributed by atoms with Crippen LogP contribution in [0.2, 0.25) is 0 Å². The quantitative estimate of drug-likeness (QED) is 0.385. The Kier molecular flexibility index (Phi) is 6.85. The summed E-state index contributed by atoms with van der Waals surface area (Å²) >= 11 is 3.04. The van der Waals surface area contributed by atoms with E-state index in [4.69, 9.17) is 0 Å². The van der Waals surface area contributed by atoms with Crippen molar-refractivity contribution >= 4 is 33.6 Å². The third-order valence-corrected chi connectivity index (χ3v) is 5.90. The fraction of sp³-hybridized carbons (Fsp3) is 0.136. The molecule has 0 aliphatic heterocycles. The van der Waals surface area contributed by atoms with E-state index >= 15 is 0 Å². The molecule has 0 saturated carbocycles.